The molecule has 2 aliphatic rings. The summed E-state index contributed by atoms with van der Waals surface area (Å²) >= 11 is 0. The van der Waals surface area contributed by atoms with Gasteiger partial charge < -0.3 is 21.7 Å². The third kappa shape index (κ3) is 3.15. The first-order valence-electron chi connectivity index (χ1n) is 7.31. The summed E-state index contributed by atoms with van der Waals surface area (Å²) < 4.78 is 0. The molecule has 1 spiro atoms. The van der Waals surface area contributed by atoms with Crippen LogP contribution in [-0.4, -0.2) is 36.5 Å². The molecule has 1 atom stereocenters. The highest BCUT2D eigenvalue weighted by Gasteiger charge is 2.50. The van der Waals surface area contributed by atoms with Crippen molar-refractivity contribution in [2.45, 2.75) is 38.1 Å². The van der Waals surface area contributed by atoms with E-state index in [4.69, 9.17) is 11.5 Å². The number of carbonyl (C=O) groups is 1. The number of amides is 1. The van der Waals surface area contributed by atoms with Crippen LogP contribution >= 0.6 is 0 Å². The van der Waals surface area contributed by atoms with E-state index in [1.807, 2.05) is 6.92 Å². The minimum Gasteiger partial charge on any atom is -0.405 e. The third-order valence-corrected chi connectivity index (χ3v) is 4.75. The van der Waals surface area contributed by atoms with Gasteiger partial charge in [-0.3, -0.25) is 4.79 Å². The monoisotopic (exact) mass is 278 g/mol. The number of likely N-dealkylation sites (tertiary alicyclic amines) is 1. The Bertz CT molecular complexity index is 437. The van der Waals surface area contributed by atoms with Crippen LogP contribution in [0.3, 0.4) is 0 Å². The Balaban J connectivity index is 1.85. The number of carbonyl (C=O) groups excluding carboxylic acids is 1. The number of piperidine rings is 1. The van der Waals surface area contributed by atoms with Gasteiger partial charge in [-0.05, 0) is 64.0 Å². The number of nitrogens with two attached hydrogens (primary N) is 2. The van der Waals surface area contributed by atoms with Gasteiger partial charge in [0.15, 0.2) is 0 Å². The maximum Gasteiger partial charge on any atom is 0.223 e. The number of allylic oxidation sites excluding steroid dienone is 2. The molecule has 112 valence electrons. The minimum atomic E-state index is 0.131. The lowest BCUT2D eigenvalue weighted by atomic mass is 9.88. The third-order valence-electron chi connectivity index (χ3n) is 4.75. The summed E-state index contributed by atoms with van der Waals surface area (Å²) in [6.45, 7) is 3.30. The molecular weight excluding hydrogens is 252 g/mol. The first kappa shape index (κ1) is 14.9. The normalized spacial score (nSPS) is 26.6. The van der Waals surface area contributed by atoms with Crippen LogP contribution in [0.25, 0.3) is 0 Å². The topological polar surface area (TPSA) is 84.4 Å². The molecule has 1 saturated heterocycles. The molecule has 2 fully saturated rings. The van der Waals surface area contributed by atoms with Gasteiger partial charge in [0.25, 0.3) is 0 Å². The van der Waals surface area contributed by atoms with Crippen LogP contribution in [-0.2, 0) is 4.79 Å². The lowest BCUT2D eigenvalue weighted by Crippen LogP contribution is -2.46. The average Bonchev–Trinajstić information content (AvgIpc) is 3.20. The molecule has 20 heavy (non-hydrogen) atoms. The zero-order chi connectivity index (χ0) is 14.8. The molecule has 0 aromatic heterocycles. The van der Waals surface area contributed by atoms with E-state index in [2.05, 4.69) is 17.3 Å². The average molecular weight is 278 g/mol. The van der Waals surface area contributed by atoms with Crippen LogP contribution in [0.2, 0.25) is 0 Å². The molecule has 1 saturated carbocycles. The van der Waals surface area contributed by atoms with Crippen molar-refractivity contribution < 1.29 is 4.79 Å². The molecule has 1 amide bonds. The largest absolute Gasteiger partial charge is 0.405 e. The Hall–Kier alpha value is -1.49. The number of nitrogens with zero attached hydrogens (tertiary/aromatic N) is 1. The first-order valence-corrected chi connectivity index (χ1v) is 7.31. The van der Waals surface area contributed by atoms with Crippen LogP contribution in [0.1, 0.15) is 32.6 Å². The minimum absolute atomic E-state index is 0.131. The van der Waals surface area contributed by atoms with E-state index >= 15 is 0 Å². The second kappa shape index (κ2) is 5.87. The molecule has 0 aromatic carbocycles. The van der Waals surface area contributed by atoms with Crippen LogP contribution in [0.5, 0.6) is 0 Å². The molecule has 5 heteroatoms. The molecule has 0 aromatic rings. The van der Waals surface area contributed by atoms with E-state index < -0.39 is 0 Å². The van der Waals surface area contributed by atoms with Crippen LogP contribution in [0.15, 0.2) is 23.5 Å². The zero-order valence-corrected chi connectivity index (χ0v) is 12.5. The van der Waals surface area contributed by atoms with Gasteiger partial charge >= 0.3 is 0 Å². The summed E-state index contributed by atoms with van der Waals surface area (Å²) in [4.78, 5) is 14.7. The summed E-state index contributed by atoms with van der Waals surface area (Å²) in [7, 11) is 2.17. The highest BCUT2D eigenvalue weighted by molar-refractivity contribution is 5.79. The van der Waals surface area contributed by atoms with E-state index in [0.29, 0.717) is 17.8 Å². The van der Waals surface area contributed by atoms with Crippen molar-refractivity contribution in [2.24, 2.45) is 17.4 Å². The van der Waals surface area contributed by atoms with Gasteiger partial charge in [0, 0.05) is 17.2 Å². The summed E-state index contributed by atoms with van der Waals surface area (Å²) in [5, 5.41) is 2.96. The van der Waals surface area contributed by atoms with Crippen molar-refractivity contribution in [3.63, 3.8) is 0 Å². The van der Waals surface area contributed by atoms with E-state index in [1.54, 1.807) is 6.08 Å². The molecule has 1 aliphatic heterocycles. The maximum absolute atomic E-state index is 12.3. The molecule has 5 nitrogen and oxygen atoms in total. The quantitative estimate of drug-likeness (QED) is 0.660. The standard InChI is InChI=1S/C15H26N4O/c1-11(3-7-16)13(17)10-18-14(20)12-4-8-19(2)15(9-12)5-6-15/h3,7,12H,4-6,8-10,16-17H2,1-2H3,(H,18,20)/b7-3-,13-11-. The fourth-order valence-electron chi connectivity index (χ4n) is 2.97. The number of rotatable bonds is 4. The fourth-order valence-corrected chi connectivity index (χ4v) is 2.97. The number of hydrogen-bond donors (Lipinski definition) is 3. The second-order valence-corrected chi connectivity index (χ2v) is 6.12. The highest BCUT2D eigenvalue weighted by atomic mass is 16.1. The van der Waals surface area contributed by atoms with Crippen LogP contribution in [0, 0.1) is 5.92 Å². The van der Waals surface area contributed by atoms with Crippen molar-refractivity contribution >= 4 is 5.91 Å². The predicted molar refractivity (Wildman–Crippen MR) is 80.5 cm³/mol. The van der Waals surface area contributed by atoms with Gasteiger partial charge in [0.05, 0.1) is 6.54 Å². The first-order chi connectivity index (χ1) is 9.48. The Morgan fingerprint density at radius 3 is 2.80 bits per heavy atom. The van der Waals surface area contributed by atoms with Crippen molar-refractivity contribution in [3.8, 4) is 0 Å². The van der Waals surface area contributed by atoms with Crippen molar-refractivity contribution in [1.29, 1.82) is 0 Å². The molecule has 1 aliphatic carbocycles. The van der Waals surface area contributed by atoms with Gasteiger partial charge in [0.1, 0.15) is 0 Å². The zero-order valence-electron chi connectivity index (χ0n) is 12.5. The van der Waals surface area contributed by atoms with E-state index in [1.165, 1.54) is 19.0 Å². The van der Waals surface area contributed by atoms with E-state index in [9.17, 15) is 4.79 Å². The van der Waals surface area contributed by atoms with Crippen LogP contribution in [0.4, 0.5) is 0 Å². The lowest BCUT2D eigenvalue weighted by molar-refractivity contribution is -0.127. The number of hydrogen-bond acceptors (Lipinski definition) is 4. The predicted octanol–water partition coefficient (Wildman–Crippen LogP) is 0.682. The fraction of sp³-hybridized carbons (Fsp3) is 0.667. The molecule has 5 N–H and O–H groups in total. The Labute approximate surface area is 121 Å². The maximum atomic E-state index is 12.3. The summed E-state index contributed by atoms with van der Waals surface area (Å²) in [5.74, 6) is 0.267. The van der Waals surface area contributed by atoms with Gasteiger partial charge in [-0.1, -0.05) is 0 Å². The molecule has 0 radical (unpaired) electrons. The summed E-state index contributed by atoms with van der Waals surface area (Å²) in [6.07, 6.45) is 7.59. The molecule has 0 bridgehead atoms. The van der Waals surface area contributed by atoms with Gasteiger partial charge in [-0.25, -0.2) is 0 Å². The van der Waals surface area contributed by atoms with Crippen molar-refractivity contribution in [1.82, 2.24) is 10.2 Å². The van der Waals surface area contributed by atoms with Crippen molar-refractivity contribution in [2.75, 3.05) is 20.1 Å². The lowest BCUT2D eigenvalue weighted by Gasteiger charge is -2.37. The van der Waals surface area contributed by atoms with Gasteiger partial charge in [-0.15, -0.1) is 0 Å². The van der Waals surface area contributed by atoms with Gasteiger partial charge in [-0.2, -0.15) is 0 Å². The van der Waals surface area contributed by atoms with Gasteiger partial charge in [0.2, 0.25) is 5.91 Å². The Morgan fingerprint density at radius 1 is 1.50 bits per heavy atom. The Kier molecular flexibility index (Phi) is 4.38. The molecular formula is C15H26N4O. The SMILES string of the molecule is CC(/C=C\N)=C(/N)CNC(=O)C1CCN(C)C2(CC2)C1. The highest BCUT2D eigenvalue weighted by Crippen LogP contribution is 2.49. The van der Waals surface area contributed by atoms with E-state index in [0.717, 1.165) is 25.0 Å². The smallest absolute Gasteiger partial charge is 0.223 e. The molecule has 1 heterocycles. The molecule has 2 rings (SSSR count). The van der Waals surface area contributed by atoms with E-state index in [-0.39, 0.29) is 11.8 Å². The second-order valence-electron chi connectivity index (χ2n) is 6.12. The summed E-state index contributed by atoms with van der Waals surface area (Å²) in [5.41, 5.74) is 13.1. The van der Waals surface area contributed by atoms with Crippen LogP contribution < -0.4 is 16.8 Å². The Morgan fingerprint density at radius 2 is 2.20 bits per heavy atom. The van der Waals surface area contributed by atoms with Crippen molar-refractivity contribution in [3.05, 3.63) is 23.5 Å². The summed E-state index contributed by atoms with van der Waals surface area (Å²) in [6, 6.07) is 0. The number of nitrogens with one attached hydrogen (secondary N) is 1. The molecule has 1 unspecified atom stereocenters.